The Morgan fingerprint density at radius 3 is 2.46 bits per heavy atom. The Bertz CT molecular complexity index is 850. The Kier molecular flexibility index (Phi) is 4.97. The first-order valence-corrected chi connectivity index (χ1v) is 9.15. The molecule has 24 heavy (non-hydrogen) atoms. The fraction of sp³-hybridized carbons (Fsp3) is 0.222. The summed E-state index contributed by atoms with van der Waals surface area (Å²) in [5.74, 6) is 0.538. The van der Waals surface area contributed by atoms with Crippen LogP contribution in [0.5, 0.6) is 5.75 Å². The van der Waals surface area contributed by atoms with E-state index in [0.717, 1.165) is 26.1 Å². The highest BCUT2D eigenvalue weighted by molar-refractivity contribution is 7.24. The van der Waals surface area contributed by atoms with Crippen molar-refractivity contribution in [2.45, 2.75) is 13.8 Å². The molecule has 124 valence electrons. The summed E-state index contributed by atoms with van der Waals surface area (Å²) in [6, 6.07) is 12.1. The number of aromatic nitrogens is 1. The van der Waals surface area contributed by atoms with Crippen molar-refractivity contribution in [2.24, 2.45) is 0 Å². The van der Waals surface area contributed by atoms with E-state index in [1.165, 1.54) is 11.3 Å². The molecule has 0 amide bonds. The first-order valence-electron chi connectivity index (χ1n) is 7.51. The van der Waals surface area contributed by atoms with Gasteiger partial charge in [0.05, 0.1) is 24.3 Å². The van der Waals surface area contributed by atoms with Crippen LogP contribution in [0.1, 0.15) is 22.3 Å². The van der Waals surface area contributed by atoms with Crippen molar-refractivity contribution in [1.82, 2.24) is 4.98 Å². The molecular weight excluding hydrogens is 342 g/mol. The lowest BCUT2D eigenvalue weighted by Gasteiger charge is -2.00. The molecule has 3 aromatic rings. The van der Waals surface area contributed by atoms with Gasteiger partial charge >= 0.3 is 5.97 Å². The zero-order valence-corrected chi connectivity index (χ0v) is 15.3. The molecule has 0 fully saturated rings. The van der Waals surface area contributed by atoms with E-state index < -0.39 is 0 Å². The molecular formula is C18H17NO3S2. The number of nitrogens with zero attached hydrogens (tertiary/aromatic N) is 1. The van der Waals surface area contributed by atoms with Gasteiger partial charge < -0.3 is 9.47 Å². The van der Waals surface area contributed by atoms with Crippen LogP contribution in [0.15, 0.2) is 36.4 Å². The predicted molar refractivity (Wildman–Crippen MR) is 98.1 cm³/mol. The van der Waals surface area contributed by atoms with Gasteiger partial charge in [-0.05, 0) is 55.8 Å². The van der Waals surface area contributed by atoms with Crippen LogP contribution in [0.25, 0.3) is 20.3 Å². The highest BCUT2D eigenvalue weighted by Crippen LogP contribution is 2.37. The van der Waals surface area contributed by atoms with Crippen molar-refractivity contribution in [3.05, 3.63) is 47.0 Å². The highest BCUT2D eigenvalue weighted by Gasteiger charge is 2.18. The number of benzene rings is 1. The van der Waals surface area contributed by atoms with E-state index in [4.69, 9.17) is 9.47 Å². The van der Waals surface area contributed by atoms with Crippen LogP contribution >= 0.6 is 22.7 Å². The van der Waals surface area contributed by atoms with E-state index in [-0.39, 0.29) is 5.97 Å². The standard InChI is InChI=1S/C18H17NO3S2/c1-4-22-18(20)16-11(2)19-17(24-16)15-10-9-14(23-15)12-5-7-13(21-3)8-6-12/h5-10H,4H2,1-3H3. The number of ether oxygens (including phenoxy) is 2. The molecule has 3 rings (SSSR count). The minimum atomic E-state index is -0.300. The van der Waals surface area contributed by atoms with Crippen LogP contribution in [-0.4, -0.2) is 24.7 Å². The Morgan fingerprint density at radius 1 is 1.08 bits per heavy atom. The molecule has 0 saturated heterocycles. The normalized spacial score (nSPS) is 10.6. The number of carbonyl (C=O) groups is 1. The van der Waals surface area contributed by atoms with E-state index in [9.17, 15) is 4.79 Å². The molecule has 0 N–H and O–H groups in total. The van der Waals surface area contributed by atoms with Crippen molar-refractivity contribution < 1.29 is 14.3 Å². The number of aryl methyl sites for hydroxylation is 1. The van der Waals surface area contributed by atoms with Gasteiger partial charge in [-0.3, -0.25) is 0 Å². The van der Waals surface area contributed by atoms with Gasteiger partial charge in [0, 0.05) is 4.88 Å². The zero-order valence-electron chi connectivity index (χ0n) is 13.7. The topological polar surface area (TPSA) is 48.4 Å². The summed E-state index contributed by atoms with van der Waals surface area (Å²) in [5.41, 5.74) is 1.85. The van der Waals surface area contributed by atoms with Gasteiger partial charge in [-0.1, -0.05) is 0 Å². The minimum Gasteiger partial charge on any atom is -0.497 e. The molecule has 2 aromatic heterocycles. The summed E-state index contributed by atoms with van der Waals surface area (Å²) in [4.78, 5) is 19.2. The van der Waals surface area contributed by atoms with Gasteiger partial charge in [-0.15, -0.1) is 22.7 Å². The monoisotopic (exact) mass is 359 g/mol. The van der Waals surface area contributed by atoms with Crippen molar-refractivity contribution in [3.8, 4) is 26.1 Å². The fourth-order valence-corrected chi connectivity index (χ4v) is 4.28. The van der Waals surface area contributed by atoms with Crippen LogP contribution in [0.3, 0.4) is 0 Å². The van der Waals surface area contributed by atoms with E-state index in [0.29, 0.717) is 17.2 Å². The molecule has 0 unspecified atom stereocenters. The third-order valence-electron chi connectivity index (χ3n) is 3.45. The molecule has 0 aliphatic carbocycles. The van der Waals surface area contributed by atoms with E-state index in [1.54, 1.807) is 25.4 Å². The van der Waals surface area contributed by atoms with E-state index in [2.05, 4.69) is 11.1 Å². The number of carbonyl (C=O) groups excluding carboxylic acids is 1. The molecule has 0 radical (unpaired) electrons. The van der Waals surface area contributed by atoms with Gasteiger partial charge in [-0.25, -0.2) is 9.78 Å². The molecule has 0 spiro atoms. The van der Waals surface area contributed by atoms with Crippen LogP contribution in [0, 0.1) is 6.92 Å². The summed E-state index contributed by atoms with van der Waals surface area (Å²) in [5, 5.41) is 0.848. The molecule has 2 heterocycles. The van der Waals surface area contributed by atoms with Gasteiger partial charge in [0.2, 0.25) is 0 Å². The first kappa shape index (κ1) is 16.7. The number of thiophene rings is 1. The lowest BCUT2D eigenvalue weighted by molar-refractivity contribution is 0.0531. The van der Waals surface area contributed by atoms with Gasteiger partial charge in [0.1, 0.15) is 15.6 Å². The summed E-state index contributed by atoms with van der Waals surface area (Å²) in [6.45, 7) is 4.01. The first-order chi connectivity index (χ1) is 11.6. The molecule has 0 saturated carbocycles. The largest absolute Gasteiger partial charge is 0.497 e. The molecule has 0 aliphatic rings. The number of rotatable bonds is 5. The second-order valence-electron chi connectivity index (χ2n) is 5.05. The van der Waals surface area contributed by atoms with Crippen molar-refractivity contribution in [1.29, 1.82) is 0 Å². The Morgan fingerprint density at radius 2 is 1.79 bits per heavy atom. The Hall–Kier alpha value is -2.18. The lowest BCUT2D eigenvalue weighted by atomic mass is 10.2. The number of hydrogen-bond donors (Lipinski definition) is 0. The van der Waals surface area contributed by atoms with Gasteiger partial charge in [-0.2, -0.15) is 0 Å². The van der Waals surface area contributed by atoms with Gasteiger partial charge in [0.15, 0.2) is 0 Å². The minimum absolute atomic E-state index is 0.300. The zero-order chi connectivity index (χ0) is 17.1. The third-order valence-corrected chi connectivity index (χ3v) is 5.89. The number of methoxy groups -OCH3 is 1. The number of thiazole rings is 1. The highest BCUT2D eigenvalue weighted by atomic mass is 32.1. The van der Waals surface area contributed by atoms with Crippen molar-refractivity contribution in [2.75, 3.05) is 13.7 Å². The van der Waals surface area contributed by atoms with Gasteiger partial charge in [0.25, 0.3) is 0 Å². The van der Waals surface area contributed by atoms with Crippen LogP contribution in [0.4, 0.5) is 0 Å². The Balaban J connectivity index is 1.87. The number of esters is 1. The van der Waals surface area contributed by atoms with E-state index >= 15 is 0 Å². The second kappa shape index (κ2) is 7.15. The maximum Gasteiger partial charge on any atom is 0.350 e. The SMILES string of the molecule is CCOC(=O)c1sc(-c2ccc(-c3ccc(OC)cc3)s2)nc1C. The average molecular weight is 359 g/mol. The third kappa shape index (κ3) is 3.34. The van der Waals surface area contributed by atoms with Crippen LogP contribution < -0.4 is 4.74 Å². The summed E-state index contributed by atoms with van der Waals surface area (Å²) < 4.78 is 10.3. The molecule has 0 aliphatic heterocycles. The maximum atomic E-state index is 11.9. The average Bonchev–Trinajstić information content (AvgIpc) is 3.22. The quantitative estimate of drug-likeness (QED) is 0.599. The summed E-state index contributed by atoms with van der Waals surface area (Å²) in [6.07, 6.45) is 0. The summed E-state index contributed by atoms with van der Waals surface area (Å²) >= 11 is 3.03. The van der Waals surface area contributed by atoms with Crippen molar-refractivity contribution >= 4 is 28.6 Å². The van der Waals surface area contributed by atoms with E-state index in [1.807, 2.05) is 37.3 Å². The fourth-order valence-electron chi connectivity index (χ4n) is 2.25. The molecule has 1 aromatic carbocycles. The lowest BCUT2D eigenvalue weighted by Crippen LogP contribution is -2.03. The predicted octanol–water partition coefficient (Wildman–Crippen LogP) is 5.03. The summed E-state index contributed by atoms with van der Waals surface area (Å²) in [7, 11) is 1.66. The van der Waals surface area contributed by atoms with Crippen LogP contribution in [-0.2, 0) is 4.74 Å². The Labute approximate surface area is 148 Å². The smallest absolute Gasteiger partial charge is 0.350 e. The molecule has 6 heteroatoms. The van der Waals surface area contributed by atoms with Crippen molar-refractivity contribution in [3.63, 3.8) is 0 Å². The van der Waals surface area contributed by atoms with Crippen LogP contribution in [0.2, 0.25) is 0 Å². The maximum absolute atomic E-state index is 11.9. The molecule has 0 atom stereocenters. The molecule has 4 nitrogen and oxygen atoms in total. The molecule has 0 bridgehead atoms. The number of hydrogen-bond acceptors (Lipinski definition) is 6. The second-order valence-corrected chi connectivity index (χ2v) is 7.13.